The average molecular weight is 315 g/mol. The van der Waals surface area contributed by atoms with Gasteiger partial charge in [-0.1, -0.05) is 31.5 Å². The van der Waals surface area contributed by atoms with Crippen LogP contribution in [-0.4, -0.2) is 17.6 Å². The zero-order valence-electron chi connectivity index (χ0n) is 10.7. The first-order chi connectivity index (χ1) is 8.60. The van der Waals surface area contributed by atoms with Crippen LogP contribution in [0.3, 0.4) is 0 Å². The summed E-state index contributed by atoms with van der Waals surface area (Å²) in [5.41, 5.74) is 6.24. The lowest BCUT2D eigenvalue weighted by molar-refractivity contribution is 0.250. The van der Waals surface area contributed by atoms with Crippen molar-refractivity contribution in [3.8, 4) is 5.75 Å². The zero-order chi connectivity index (χ0) is 13.5. The number of nitrogens with two attached hydrogens (primary N) is 1. The van der Waals surface area contributed by atoms with Gasteiger partial charge in [0.2, 0.25) is 0 Å². The molecule has 1 aromatic rings. The number of ether oxygens (including phenoxy) is 1. The number of benzene rings is 1. The molecule has 1 unspecified atom stereocenters. The Hall–Kier alpha value is -1.23. The fraction of sp³-hybridized carbons (Fsp3) is 0.462. The van der Waals surface area contributed by atoms with Gasteiger partial charge in [-0.15, -0.1) is 0 Å². The number of halogens is 1. The maximum atomic E-state index is 8.79. The summed E-state index contributed by atoms with van der Waals surface area (Å²) >= 11 is 3.37. The Morgan fingerprint density at radius 1 is 1.56 bits per heavy atom. The number of oxime groups is 1. The molecular weight excluding hydrogens is 296 g/mol. The van der Waals surface area contributed by atoms with E-state index in [4.69, 9.17) is 15.7 Å². The van der Waals surface area contributed by atoms with E-state index in [1.165, 1.54) is 0 Å². The first kappa shape index (κ1) is 14.8. The summed E-state index contributed by atoms with van der Waals surface area (Å²) in [6.07, 6.45) is 2.25. The van der Waals surface area contributed by atoms with Gasteiger partial charge < -0.3 is 15.7 Å². The van der Waals surface area contributed by atoms with Crippen LogP contribution in [0.4, 0.5) is 0 Å². The monoisotopic (exact) mass is 314 g/mol. The molecule has 0 bridgehead atoms. The molecule has 1 aromatic carbocycles. The molecule has 0 aromatic heterocycles. The fourth-order valence-electron chi connectivity index (χ4n) is 1.73. The van der Waals surface area contributed by atoms with Crippen LogP contribution in [0.15, 0.2) is 27.8 Å². The molecule has 1 rings (SSSR count). The molecule has 0 fully saturated rings. The molecule has 5 heteroatoms. The van der Waals surface area contributed by atoms with Gasteiger partial charge in [-0.3, -0.25) is 0 Å². The molecular formula is C13H19BrN2O2. The Bertz CT molecular complexity index is 421. The van der Waals surface area contributed by atoms with E-state index in [2.05, 4.69) is 34.9 Å². The van der Waals surface area contributed by atoms with E-state index >= 15 is 0 Å². The molecule has 0 aliphatic carbocycles. The minimum absolute atomic E-state index is 0.0422. The SMILES string of the molecule is CCCC(C)COc1cccc(Br)c1/C(N)=N/O. The van der Waals surface area contributed by atoms with Crippen molar-refractivity contribution < 1.29 is 9.94 Å². The van der Waals surface area contributed by atoms with Gasteiger partial charge in [-0.05, 0) is 40.4 Å². The summed E-state index contributed by atoms with van der Waals surface area (Å²) in [4.78, 5) is 0. The van der Waals surface area contributed by atoms with Gasteiger partial charge in [-0.2, -0.15) is 0 Å². The van der Waals surface area contributed by atoms with E-state index in [-0.39, 0.29) is 5.84 Å². The van der Waals surface area contributed by atoms with Gasteiger partial charge in [0.15, 0.2) is 5.84 Å². The predicted octanol–water partition coefficient (Wildman–Crippen LogP) is 3.36. The summed E-state index contributed by atoms with van der Waals surface area (Å²) in [6.45, 7) is 4.91. The Kier molecular flexibility index (Phi) is 5.98. The summed E-state index contributed by atoms with van der Waals surface area (Å²) in [6, 6.07) is 5.50. The zero-order valence-corrected chi connectivity index (χ0v) is 12.3. The lowest BCUT2D eigenvalue weighted by Crippen LogP contribution is -2.17. The van der Waals surface area contributed by atoms with E-state index < -0.39 is 0 Å². The van der Waals surface area contributed by atoms with Crippen molar-refractivity contribution >= 4 is 21.8 Å². The number of rotatable bonds is 6. The van der Waals surface area contributed by atoms with Gasteiger partial charge in [-0.25, -0.2) is 0 Å². The van der Waals surface area contributed by atoms with Gasteiger partial charge >= 0.3 is 0 Å². The highest BCUT2D eigenvalue weighted by atomic mass is 79.9. The fourth-order valence-corrected chi connectivity index (χ4v) is 2.28. The van der Waals surface area contributed by atoms with Crippen molar-refractivity contribution in [1.82, 2.24) is 0 Å². The van der Waals surface area contributed by atoms with Crippen LogP contribution in [-0.2, 0) is 0 Å². The molecule has 1 atom stereocenters. The van der Waals surface area contributed by atoms with Crippen molar-refractivity contribution in [3.05, 3.63) is 28.2 Å². The second kappa shape index (κ2) is 7.26. The van der Waals surface area contributed by atoms with E-state index in [0.717, 1.165) is 17.3 Å². The average Bonchev–Trinajstić information content (AvgIpc) is 2.36. The molecule has 0 aliphatic rings. The molecule has 100 valence electrons. The topological polar surface area (TPSA) is 67.8 Å². The van der Waals surface area contributed by atoms with E-state index in [0.29, 0.717) is 23.8 Å². The largest absolute Gasteiger partial charge is 0.493 e. The van der Waals surface area contributed by atoms with Gasteiger partial charge in [0.1, 0.15) is 5.75 Å². The van der Waals surface area contributed by atoms with Crippen LogP contribution in [0.2, 0.25) is 0 Å². The highest BCUT2D eigenvalue weighted by Gasteiger charge is 2.13. The van der Waals surface area contributed by atoms with Crippen molar-refractivity contribution in [2.24, 2.45) is 16.8 Å². The van der Waals surface area contributed by atoms with Gasteiger partial charge in [0.05, 0.1) is 12.2 Å². The Labute approximate surface area is 116 Å². The normalized spacial score (nSPS) is 13.4. The molecule has 0 saturated heterocycles. The highest BCUT2D eigenvalue weighted by molar-refractivity contribution is 9.10. The molecule has 4 nitrogen and oxygen atoms in total. The van der Waals surface area contributed by atoms with E-state index in [9.17, 15) is 0 Å². The molecule has 3 N–H and O–H groups in total. The van der Waals surface area contributed by atoms with Crippen molar-refractivity contribution in [2.75, 3.05) is 6.61 Å². The summed E-state index contributed by atoms with van der Waals surface area (Å²) in [7, 11) is 0. The minimum Gasteiger partial charge on any atom is -0.493 e. The first-order valence-electron chi connectivity index (χ1n) is 5.99. The molecule has 18 heavy (non-hydrogen) atoms. The third-order valence-electron chi connectivity index (χ3n) is 2.64. The summed E-state index contributed by atoms with van der Waals surface area (Å²) in [5.74, 6) is 1.15. The molecule has 0 heterocycles. The van der Waals surface area contributed by atoms with Crippen molar-refractivity contribution in [1.29, 1.82) is 0 Å². The third kappa shape index (κ3) is 3.91. The second-order valence-corrected chi connectivity index (χ2v) is 5.16. The summed E-state index contributed by atoms with van der Waals surface area (Å²) in [5, 5.41) is 11.8. The Balaban J connectivity index is 2.85. The maximum absolute atomic E-state index is 8.79. The van der Waals surface area contributed by atoms with E-state index in [1.807, 2.05) is 18.2 Å². The number of nitrogens with zero attached hydrogens (tertiary/aromatic N) is 1. The lowest BCUT2D eigenvalue weighted by Gasteiger charge is -2.15. The Morgan fingerprint density at radius 3 is 2.89 bits per heavy atom. The molecule has 0 radical (unpaired) electrons. The second-order valence-electron chi connectivity index (χ2n) is 4.30. The van der Waals surface area contributed by atoms with Crippen LogP contribution in [0.1, 0.15) is 32.3 Å². The molecule has 0 amide bonds. The lowest BCUT2D eigenvalue weighted by atomic mass is 10.1. The highest BCUT2D eigenvalue weighted by Crippen LogP contribution is 2.27. The van der Waals surface area contributed by atoms with Crippen LogP contribution in [0.25, 0.3) is 0 Å². The molecule has 0 saturated carbocycles. The number of hydrogen-bond donors (Lipinski definition) is 2. The van der Waals surface area contributed by atoms with Crippen LogP contribution in [0.5, 0.6) is 5.75 Å². The smallest absolute Gasteiger partial charge is 0.174 e. The van der Waals surface area contributed by atoms with Crippen molar-refractivity contribution in [3.63, 3.8) is 0 Å². The Morgan fingerprint density at radius 2 is 2.28 bits per heavy atom. The third-order valence-corrected chi connectivity index (χ3v) is 3.30. The predicted molar refractivity (Wildman–Crippen MR) is 76.2 cm³/mol. The van der Waals surface area contributed by atoms with Crippen molar-refractivity contribution in [2.45, 2.75) is 26.7 Å². The van der Waals surface area contributed by atoms with Crippen LogP contribution in [0, 0.1) is 5.92 Å². The maximum Gasteiger partial charge on any atom is 0.174 e. The quantitative estimate of drug-likeness (QED) is 0.366. The minimum atomic E-state index is 0.0422. The summed E-state index contributed by atoms with van der Waals surface area (Å²) < 4.78 is 6.50. The van der Waals surface area contributed by atoms with Gasteiger partial charge in [0, 0.05) is 4.47 Å². The van der Waals surface area contributed by atoms with Gasteiger partial charge in [0.25, 0.3) is 0 Å². The van der Waals surface area contributed by atoms with E-state index in [1.54, 1.807) is 0 Å². The first-order valence-corrected chi connectivity index (χ1v) is 6.78. The van der Waals surface area contributed by atoms with Crippen LogP contribution < -0.4 is 10.5 Å². The molecule has 0 aliphatic heterocycles. The van der Waals surface area contributed by atoms with Crippen LogP contribution >= 0.6 is 15.9 Å². The number of amidine groups is 1. The molecule has 0 spiro atoms. The number of hydrogen-bond acceptors (Lipinski definition) is 3. The standard InChI is InChI=1S/C13H19BrN2O2/c1-3-5-9(2)8-18-11-7-4-6-10(14)12(11)13(15)16-17/h4,6-7,9,17H,3,5,8H2,1-2H3,(H2,15,16).